The number of nitrogens with one attached hydrogen (secondary N) is 2. The molecule has 1 fully saturated rings. The second kappa shape index (κ2) is 6.70. The lowest BCUT2D eigenvalue weighted by Gasteiger charge is -2.16. The monoisotopic (exact) mass is 279 g/mol. The van der Waals surface area contributed by atoms with Crippen LogP contribution >= 0.6 is 0 Å². The van der Waals surface area contributed by atoms with Gasteiger partial charge in [-0.05, 0) is 25.8 Å². The number of guanidine groups is 1. The Hall–Kier alpha value is -1.62. The van der Waals surface area contributed by atoms with E-state index in [0.29, 0.717) is 24.6 Å². The first-order valence-electron chi connectivity index (χ1n) is 7.05. The van der Waals surface area contributed by atoms with E-state index in [4.69, 9.17) is 0 Å². The highest BCUT2D eigenvalue weighted by atomic mass is 19.1. The molecule has 0 atom stereocenters. The fourth-order valence-electron chi connectivity index (χ4n) is 1.97. The van der Waals surface area contributed by atoms with Crippen LogP contribution in [0.1, 0.15) is 25.3 Å². The first-order valence-corrected chi connectivity index (χ1v) is 7.05. The fourth-order valence-corrected chi connectivity index (χ4v) is 1.97. The molecule has 5 heteroatoms. The summed E-state index contributed by atoms with van der Waals surface area (Å²) in [6, 6.07) is 6.65. The quantitative estimate of drug-likeness (QED) is 0.548. The fraction of sp³-hybridized carbons (Fsp3) is 0.533. The second-order valence-corrected chi connectivity index (χ2v) is 5.30. The summed E-state index contributed by atoms with van der Waals surface area (Å²) in [5.41, 5.74) is 0.599. The van der Waals surface area contributed by atoms with Gasteiger partial charge in [-0.3, -0.25) is 0 Å². The maximum atomic E-state index is 13.5. The molecule has 3 N–H and O–H groups in total. The Bertz CT molecular complexity index is 472. The van der Waals surface area contributed by atoms with E-state index in [2.05, 4.69) is 15.6 Å². The Labute approximate surface area is 119 Å². The topological polar surface area (TPSA) is 56.7 Å². The minimum Gasteiger partial charge on any atom is -0.396 e. The molecule has 1 aliphatic rings. The van der Waals surface area contributed by atoms with Gasteiger partial charge in [0.2, 0.25) is 0 Å². The zero-order chi connectivity index (χ0) is 14.4. The van der Waals surface area contributed by atoms with Crippen LogP contribution in [0.2, 0.25) is 0 Å². The van der Waals surface area contributed by atoms with Gasteiger partial charge in [0.25, 0.3) is 0 Å². The highest BCUT2D eigenvalue weighted by molar-refractivity contribution is 5.79. The van der Waals surface area contributed by atoms with Gasteiger partial charge in [0.05, 0.1) is 13.2 Å². The Kier molecular flexibility index (Phi) is 4.95. The average molecular weight is 279 g/mol. The summed E-state index contributed by atoms with van der Waals surface area (Å²) >= 11 is 0. The van der Waals surface area contributed by atoms with Crippen LogP contribution in [0.5, 0.6) is 0 Å². The first kappa shape index (κ1) is 14.8. The van der Waals surface area contributed by atoms with Crippen molar-refractivity contribution in [1.29, 1.82) is 0 Å². The summed E-state index contributed by atoms with van der Waals surface area (Å²) in [6.07, 6.45) is 2.09. The predicted molar refractivity (Wildman–Crippen MR) is 78.0 cm³/mol. The van der Waals surface area contributed by atoms with Crippen LogP contribution in [-0.4, -0.2) is 30.8 Å². The Morgan fingerprint density at radius 3 is 2.70 bits per heavy atom. The SMILES string of the molecule is CCNC(=NCc1ccccc1F)NCC1(CO)CC1. The lowest BCUT2D eigenvalue weighted by Crippen LogP contribution is -2.41. The molecular formula is C15H22FN3O. The molecule has 0 aliphatic heterocycles. The molecule has 20 heavy (non-hydrogen) atoms. The molecule has 1 aromatic carbocycles. The molecule has 110 valence electrons. The molecule has 0 aromatic heterocycles. The number of aliphatic imine (C=N–C) groups is 1. The van der Waals surface area contributed by atoms with E-state index >= 15 is 0 Å². The van der Waals surface area contributed by atoms with Crippen LogP contribution in [0.25, 0.3) is 0 Å². The van der Waals surface area contributed by atoms with Crippen molar-refractivity contribution in [3.8, 4) is 0 Å². The van der Waals surface area contributed by atoms with Crippen LogP contribution in [0.3, 0.4) is 0 Å². The van der Waals surface area contributed by atoms with Gasteiger partial charge in [-0.15, -0.1) is 0 Å². The molecule has 0 amide bonds. The molecule has 1 aliphatic carbocycles. The third-order valence-electron chi connectivity index (χ3n) is 3.63. The highest BCUT2D eigenvalue weighted by Gasteiger charge is 2.41. The van der Waals surface area contributed by atoms with Gasteiger partial charge in [-0.1, -0.05) is 18.2 Å². The average Bonchev–Trinajstić information content (AvgIpc) is 3.24. The van der Waals surface area contributed by atoms with Crippen molar-refractivity contribution in [3.05, 3.63) is 35.6 Å². The van der Waals surface area contributed by atoms with E-state index in [9.17, 15) is 9.50 Å². The Balaban J connectivity index is 1.93. The zero-order valence-corrected chi connectivity index (χ0v) is 11.8. The summed E-state index contributed by atoms with van der Waals surface area (Å²) in [7, 11) is 0. The number of rotatable bonds is 6. The van der Waals surface area contributed by atoms with E-state index in [1.807, 2.05) is 6.92 Å². The summed E-state index contributed by atoms with van der Waals surface area (Å²) in [5.74, 6) is 0.427. The molecule has 1 saturated carbocycles. The number of hydrogen-bond acceptors (Lipinski definition) is 2. The first-order chi connectivity index (χ1) is 9.69. The third-order valence-corrected chi connectivity index (χ3v) is 3.63. The number of halogens is 1. The number of aliphatic hydroxyl groups excluding tert-OH is 1. The van der Waals surface area contributed by atoms with Crippen LogP contribution in [0, 0.1) is 11.2 Å². The Morgan fingerprint density at radius 2 is 2.10 bits per heavy atom. The largest absolute Gasteiger partial charge is 0.396 e. The second-order valence-electron chi connectivity index (χ2n) is 5.30. The maximum Gasteiger partial charge on any atom is 0.191 e. The van der Waals surface area contributed by atoms with Crippen LogP contribution < -0.4 is 10.6 Å². The van der Waals surface area contributed by atoms with Gasteiger partial charge in [0.15, 0.2) is 5.96 Å². The summed E-state index contributed by atoms with van der Waals surface area (Å²) in [6.45, 7) is 3.93. The zero-order valence-electron chi connectivity index (χ0n) is 11.8. The molecule has 0 heterocycles. The van der Waals surface area contributed by atoms with Crippen LogP contribution in [-0.2, 0) is 6.54 Å². The molecule has 1 aromatic rings. The van der Waals surface area contributed by atoms with Gasteiger partial charge < -0.3 is 15.7 Å². The molecule has 0 radical (unpaired) electrons. The summed E-state index contributed by atoms with van der Waals surface area (Å²) in [4.78, 5) is 4.38. The third kappa shape index (κ3) is 3.93. The van der Waals surface area contributed by atoms with Crippen molar-refractivity contribution in [2.24, 2.45) is 10.4 Å². The van der Waals surface area contributed by atoms with Crippen molar-refractivity contribution in [2.45, 2.75) is 26.3 Å². The van der Waals surface area contributed by atoms with Gasteiger partial charge in [-0.2, -0.15) is 0 Å². The number of hydrogen-bond donors (Lipinski definition) is 3. The van der Waals surface area contributed by atoms with Gasteiger partial charge in [0.1, 0.15) is 5.82 Å². The molecule has 4 nitrogen and oxygen atoms in total. The minimum atomic E-state index is -0.235. The highest BCUT2D eigenvalue weighted by Crippen LogP contribution is 2.44. The molecule has 0 spiro atoms. The van der Waals surface area contributed by atoms with Gasteiger partial charge in [-0.25, -0.2) is 9.38 Å². The van der Waals surface area contributed by atoms with E-state index in [0.717, 1.165) is 19.4 Å². The van der Waals surface area contributed by atoms with Crippen molar-refractivity contribution < 1.29 is 9.50 Å². The Morgan fingerprint density at radius 1 is 1.35 bits per heavy atom. The minimum absolute atomic E-state index is 0.0220. The predicted octanol–water partition coefficient (Wildman–Crippen LogP) is 1.65. The lowest BCUT2D eigenvalue weighted by molar-refractivity contribution is 0.212. The normalized spacial score (nSPS) is 16.9. The van der Waals surface area contributed by atoms with Gasteiger partial charge >= 0.3 is 0 Å². The van der Waals surface area contributed by atoms with Crippen molar-refractivity contribution in [2.75, 3.05) is 19.7 Å². The van der Waals surface area contributed by atoms with Crippen molar-refractivity contribution >= 4 is 5.96 Å². The maximum absolute atomic E-state index is 13.5. The van der Waals surface area contributed by atoms with Crippen LogP contribution in [0.4, 0.5) is 4.39 Å². The van der Waals surface area contributed by atoms with E-state index in [1.165, 1.54) is 6.07 Å². The smallest absolute Gasteiger partial charge is 0.191 e. The van der Waals surface area contributed by atoms with E-state index < -0.39 is 0 Å². The summed E-state index contributed by atoms with van der Waals surface area (Å²) < 4.78 is 13.5. The van der Waals surface area contributed by atoms with E-state index in [-0.39, 0.29) is 17.8 Å². The number of benzene rings is 1. The molecular weight excluding hydrogens is 257 g/mol. The number of aliphatic hydroxyl groups is 1. The van der Waals surface area contributed by atoms with Crippen molar-refractivity contribution in [1.82, 2.24) is 10.6 Å². The number of nitrogens with zero attached hydrogens (tertiary/aromatic N) is 1. The van der Waals surface area contributed by atoms with Gasteiger partial charge in [0, 0.05) is 24.1 Å². The van der Waals surface area contributed by atoms with Crippen LogP contribution in [0.15, 0.2) is 29.3 Å². The summed E-state index contributed by atoms with van der Waals surface area (Å²) in [5, 5.41) is 15.6. The lowest BCUT2D eigenvalue weighted by atomic mass is 10.1. The molecule has 0 saturated heterocycles. The molecule has 0 unspecified atom stereocenters. The standard InChI is InChI=1S/C15H22FN3O/c1-2-17-14(19-10-15(11-20)7-8-15)18-9-12-5-3-4-6-13(12)16/h3-6,20H,2,7-11H2,1H3,(H2,17,18,19). The van der Waals surface area contributed by atoms with E-state index in [1.54, 1.807) is 18.2 Å². The molecule has 0 bridgehead atoms. The molecule has 2 rings (SSSR count). The van der Waals surface area contributed by atoms with Crippen molar-refractivity contribution in [3.63, 3.8) is 0 Å².